The maximum Gasteiger partial charge on any atom is 0.472 e. The molecular weight excluding hydrogens is 1020 g/mol. The number of hydrogen-bond acceptors (Lipinski definition) is 10. The number of allylic oxidation sites excluding steroid dienone is 12. The number of hydrogen-bond donors (Lipinski definition) is 2. The molecule has 0 aromatic rings. The minimum atomic E-state index is -4.76. The lowest BCUT2D eigenvalue weighted by molar-refractivity contribution is -0.161. The Hall–Kier alpha value is -3.08. The number of carbonyl (C=O) groups is 3. The Balaban J connectivity index is 4.73. The standard InChI is InChI=1S/C68H121O11P/c1-4-7-10-13-16-19-22-25-28-31-32-35-36-39-42-45-48-51-54-57-66(70)75-61-65(79-68(72)59-56-53-50-47-44-41-38-34-30-27-24-21-18-15-12-9-6-3)63-77-80(73,74)76-62-64(60-69)78-67(71)58-55-52-49-46-43-40-37-33-29-26-23-20-17-14-11-8-5-2/h7,10,16,19,25,27-28,30,32,35,39,42,64-65,69H,4-6,8-9,11-15,17-18,20-24,26,29,31,33-34,36-38,40-41,43-63H2,1-3H3,(H,73,74)/b10-7-,19-16-,28-25-,30-27-,35-32-,42-39-. The quantitative estimate of drug-likeness (QED) is 0.0197. The fourth-order valence-electron chi connectivity index (χ4n) is 9.14. The highest BCUT2D eigenvalue weighted by Crippen LogP contribution is 2.43. The van der Waals surface area contributed by atoms with Crippen LogP contribution in [0.3, 0.4) is 0 Å². The third-order valence-corrected chi connectivity index (χ3v) is 15.1. The number of unbranched alkanes of at least 4 members (excludes halogenated alkanes) is 32. The maximum atomic E-state index is 13.0. The second-order valence-corrected chi connectivity index (χ2v) is 23.4. The van der Waals surface area contributed by atoms with Gasteiger partial charge in [-0.1, -0.05) is 267 Å². The molecule has 0 fully saturated rings. The van der Waals surface area contributed by atoms with Gasteiger partial charge in [0, 0.05) is 19.3 Å². The van der Waals surface area contributed by atoms with Crippen molar-refractivity contribution in [3.63, 3.8) is 0 Å². The Bertz CT molecular complexity index is 1620. The van der Waals surface area contributed by atoms with Crippen LogP contribution in [0.25, 0.3) is 0 Å². The second kappa shape index (κ2) is 62.0. The topological polar surface area (TPSA) is 155 Å². The third-order valence-electron chi connectivity index (χ3n) is 14.1. The number of phosphoric ester groups is 1. The van der Waals surface area contributed by atoms with Gasteiger partial charge in [-0.05, 0) is 89.9 Å². The van der Waals surface area contributed by atoms with Crippen LogP contribution in [0, 0.1) is 0 Å². The Morgan fingerprint density at radius 2 is 0.650 bits per heavy atom. The van der Waals surface area contributed by atoms with Crippen LogP contribution >= 0.6 is 7.82 Å². The highest BCUT2D eigenvalue weighted by molar-refractivity contribution is 7.47. The van der Waals surface area contributed by atoms with E-state index >= 15 is 0 Å². The van der Waals surface area contributed by atoms with E-state index in [4.69, 9.17) is 23.3 Å². The van der Waals surface area contributed by atoms with Crippen molar-refractivity contribution in [2.45, 2.75) is 315 Å². The number of esters is 3. The Morgan fingerprint density at radius 1 is 0.362 bits per heavy atom. The van der Waals surface area contributed by atoms with E-state index in [1.165, 1.54) is 141 Å². The van der Waals surface area contributed by atoms with Gasteiger partial charge in [-0.15, -0.1) is 0 Å². The lowest BCUT2D eigenvalue weighted by Crippen LogP contribution is -2.30. The van der Waals surface area contributed by atoms with Crippen molar-refractivity contribution in [2.75, 3.05) is 26.4 Å². The molecule has 0 aliphatic carbocycles. The first kappa shape index (κ1) is 76.9. The van der Waals surface area contributed by atoms with E-state index in [-0.39, 0.29) is 25.9 Å². The molecule has 11 nitrogen and oxygen atoms in total. The number of aliphatic hydroxyl groups is 1. The molecule has 0 amide bonds. The highest BCUT2D eigenvalue weighted by atomic mass is 31.2. The molecule has 0 aliphatic heterocycles. The van der Waals surface area contributed by atoms with Gasteiger partial charge in [0.25, 0.3) is 0 Å². The summed E-state index contributed by atoms with van der Waals surface area (Å²) in [5.74, 6) is -1.49. The largest absolute Gasteiger partial charge is 0.472 e. The van der Waals surface area contributed by atoms with E-state index in [0.29, 0.717) is 19.3 Å². The molecule has 3 atom stereocenters. The van der Waals surface area contributed by atoms with Crippen molar-refractivity contribution in [1.29, 1.82) is 0 Å². The summed E-state index contributed by atoms with van der Waals surface area (Å²) < 4.78 is 39.7. The SMILES string of the molecule is CC/C=C\C/C=C\C/C=C\C/C=C\C/C=C\CCCCCC(=O)OCC(COP(=O)(O)OCC(CO)OC(=O)CCCCCCCCCCCCCCCCCCC)OC(=O)CCCCCCCCC/C=C\CCCCCCCC. The Kier molecular flexibility index (Phi) is 59.6. The molecule has 80 heavy (non-hydrogen) atoms. The van der Waals surface area contributed by atoms with Crippen molar-refractivity contribution < 1.29 is 52.2 Å². The zero-order valence-electron chi connectivity index (χ0n) is 51.5. The second-order valence-electron chi connectivity index (χ2n) is 21.9. The van der Waals surface area contributed by atoms with Gasteiger partial charge < -0.3 is 24.2 Å². The molecule has 0 rings (SSSR count). The number of phosphoric acid groups is 1. The van der Waals surface area contributed by atoms with E-state index in [1.807, 2.05) is 0 Å². The first-order valence-corrected chi connectivity index (χ1v) is 34.3. The average molecular weight is 1150 g/mol. The normalized spacial score (nSPS) is 13.7. The molecule has 12 heteroatoms. The highest BCUT2D eigenvalue weighted by Gasteiger charge is 2.28. The number of rotatable bonds is 61. The van der Waals surface area contributed by atoms with Gasteiger partial charge in [0.05, 0.1) is 19.8 Å². The van der Waals surface area contributed by atoms with Crippen LogP contribution in [-0.2, 0) is 42.2 Å². The summed E-state index contributed by atoms with van der Waals surface area (Å²) in [6.45, 7) is 4.54. The first-order valence-electron chi connectivity index (χ1n) is 32.8. The molecule has 0 aliphatic rings. The summed E-state index contributed by atoms with van der Waals surface area (Å²) in [7, 11) is -4.76. The summed E-state index contributed by atoms with van der Waals surface area (Å²) >= 11 is 0. The molecule has 0 spiro atoms. The number of carbonyl (C=O) groups excluding carboxylic acids is 3. The fourth-order valence-corrected chi connectivity index (χ4v) is 9.93. The molecule has 0 aromatic carbocycles. The molecule has 0 heterocycles. The van der Waals surface area contributed by atoms with Gasteiger partial charge in [0.1, 0.15) is 12.7 Å². The minimum absolute atomic E-state index is 0.155. The van der Waals surface area contributed by atoms with Crippen LogP contribution in [0.5, 0.6) is 0 Å². The molecular formula is C68H121O11P. The summed E-state index contributed by atoms with van der Waals surface area (Å²) in [6, 6.07) is 0. The van der Waals surface area contributed by atoms with E-state index < -0.39 is 57.8 Å². The van der Waals surface area contributed by atoms with E-state index in [9.17, 15) is 28.9 Å². The monoisotopic (exact) mass is 1140 g/mol. The van der Waals surface area contributed by atoms with E-state index in [0.717, 1.165) is 103 Å². The van der Waals surface area contributed by atoms with Gasteiger partial charge >= 0.3 is 25.7 Å². The minimum Gasteiger partial charge on any atom is -0.462 e. The fraction of sp³-hybridized carbons (Fsp3) is 0.779. The molecule has 2 N–H and O–H groups in total. The number of aliphatic hydroxyl groups excluding tert-OH is 1. The maximum absolute atomic E-state index is 13.0. The van der Waals surface area contributed by atoms with E-state index in [2.05, 4.69) is 93.7 Å². The van der Waals surface area contributed by atoms with Crippen LogP contribution in [0.2, 0.25) is 0 Å². The summed E-state index contributed by atoms with van der Waals surface area (Å²) in [4.78, 5) is 48.8. The summed E-state index contributed by atoms with van der Waals surface area (Å²) in [5, 5.41) is 9.86. The molecule has 0 radical (unpaired) electrons. The van der Waals surface area contributed by atoms with Crippen molar-refractivity contribution in [2.24, 2.45) is 0 Å². The zero-order chi connectivity index (χ0) is 58.3. The van der Waals surface area contributed by atoms with Crippen LogP contribution in [0.4, 0.5) is 0 Å². The predicted molar refractivity (Wildman–Crippen MR) is 335 cm³/mol. The van der Waals surface area contributed by atoms with Gasteiger partial charge in [0.15, 0.2) is 6.10 Å². The first-order chi connectivity index (χ1) is 39.2. The lowest BCUT2D eigenvalue weighted by Gasteiger charge is -2.21. The predicted octanol–water partition coefficient (Wildman–Crippen LogP) is 20.0. The van der Waals surface area contributed by atoms with Crippen molar-refractivity contribution >= 4 is 25.7 Å². The van der Waals surface area contributed by atoms with Crippen molar-refractivity contribution in [3.8, 4) is 0 Å². The third kappa shape index (κ3) is 59.5. The van der Waals surface area contributed by atoms with Crippen LogP contribution < -0.4 is 0 Å². The van der Waals surface area contributed by atoms with Gasteiger partial charge in [-0.25, -0.2) is 4.57 Å². The van der Waals surface area contributed by atoms with Gasteiger partial charge in [-0.2, -0.15) is 0 Å². The van der Waals surface area contributed by atoms with Crippen molar-refractivity contribution in [1.82, 2.24) is 0 Å². The Labute approximate surface area is 490 Å². The summed E-state index contributed by atoms with van der Waals surface area (Å²) in [5.41, 5.74) is 0. The summed E-state index contributed by atoms with van der Waals surface area (Å²) in [6.07, 6.45) is 71.4. The molecule has 3 unspecified atom stereocenters. The lowest BCUT2D eigenvalue weighted by atomic mass is 10.0. The van der Waals surface area contributed by atoms with Crippen LogP contribution in [-0.4, -0.2) is 66.5 Å². The zero-order valence-corrected chi connectivity index (χ0v) is 52.4. The average Bonchev–Trinajstić information content (AvgIpc) is 3.45. The van der Waals surface area contributed by atoms with Crippen LogP contribution in [0.1, 0.15) is 303 Å². The number of ether oxygens (including phenoxy) is 3. The molecule has 464 valence electrons. The van der Waals surface area contributed by atoms with Gasteiger partial charge in [-0.3, -0.25) is 23.4 Å². The molecule has 0 saturated heterocycles. The molecule has 0 aromatic heterocycles. The van der Waals surface area contributed by atoms with Crippen LogP contribution in [0.15, 0.2) is 72.9 Å². The Morgan fingerprint density at radius 3 is 1.02 bits per heavy atom. The molecule has 0 bridgehead atoms. The van der Waals surface area contributed by atoms with Gasteiger partial charge in [0.2, 0.25) is 0 Å². The molecule has 0 saturated carbocycles. The smallest absolute Gasteiger partial charge is 0.462 e. The van der Waals surface area contributed by atoms with Crippen molar-refractivity contribution in [3.05, 3.63) is 72.9 Å². The van der Waals surface area contributed by atoms with E-state index in [1.54, 1.807) is 0 Å².